The first kappa shape index (κ1) is 13.2. The highest BCUT2D eigenvalue weighted by Crippen LogP contribution is 2.26. The predicted molar refractivity (Wildman–Crippen MR) is 60.8 cm³/mol. The molecule has 2 N–H and O–H groups in total. The van der Waals surface area contributed by atoms with Gasteiger partial charge in [-0.1, -0.05) is 0 Å². The van der Waals surface area contributed by atoms with Crippen molar-refractivity contribution in [3.63, 3.8) is 0 Å². The fourth-order valence-corrected chi connectivity index (χ4v) is 1.15. The molecule has 0 heterocycles. The minimum Gasteiger partial charge on any atom is -0.486 e. The van der Waals surface area contributed by atoms with Crippen LogP contribution in [0.15, 0.2) is 18.2 Å². The van der Waals surface area contributed by atoms with Gasteiger partial charge in [0.1, 0.15) is 12.4 Å². The average Bonchev–Trinajstić information content (AvgIpc) is 2.32. The molecule has 0 radical (unpaired) electrons. The molecular formula is C10H14N2O5. The SMILES string of the molecule is COC(COc1cc([N+](=O)[O-])ccc1N)OC. The molecule has 1 aromatic carbocycles. The molecule has 0 spiro atoms. The Morgan fingerprint density at radius 3 is 2.59 bits per heavy atom. The van der Waals surface area contributed by atoms with Gasteiger partial charge in [0.25, 0.3) is 5.69 Å². The van der Waals surface area contributed by atoms with E-state index in [1.165, 1.54) is 32.4 Å². The number of hydrogen-bond donors (Lipinski definition) is 1. The standard InChI is InChI=1S/C10H14N2O5/c1-15-10(16-2)6-17-9-5-7(12(13)14)3-4-8(9)11/h3-5,10H,6,11H2,1-2H3. The van der Waals surface area contributed by atoms with Crippen LogP contribution in [0.5, 0.6) is 5.75 Å². The van der Waals surface area contributed by atoms with Crippen LogP contribution < -0.4 is 10.5 Å². The monoisotopic (exact) mass is 242 g/mol. The first-order valence-electron chi connectivity index (χ1n) is 4.80. The summed E-state index contributed by atoms with van der Waals surface area (Å²) in [6, 6.07) is 3.99. The molecule has 1 rings (SSSR count). The lowest BCUT2D eigenvalue weighted by molar-refractivity contribution is -0.384. The van der Waals surface area contributed by atoms with Crippen LogP contribution in [0.4, 0.5) is 11.4 Å². The second kappa shape index (κ2) is 6.02. The van der Waals surface area contributed by atoms with E-state index in [0.717, 1.165) is 0 Å². The average molecular weight is 242 g/mol. The van der Waals surface area contributed by atoms with Gasteiger partial charge in [-0.15, -0.1) is 0 Å². The number of non-ortho nitro benzene ring substituents is 1. The molecule has 0 atom stereocenters. The first-order chi connectivity index (χ1) is 8.08. The lowest BCUT2D eigenvalue weighted by Gasteiger charge is -2.15. The Labute approximate surface area is 98.2 Å². The Morgan fingerprint density at radius 1 is 1.41 bits per heavy atom. The zero-order valence-corrected chi connectivity index (χ0v) is 9.58. The van der Waals surface area contributed by atoms with Crippen molar-refractivity contribution in [1.82, 2.24) is 0 Å². The van der Waals surface area contributed by atoms with Crippen molar-refractivity contribution < 1.29 is 19.1 Å². The number of nitrogen functional groups attached to an aromatic ring is 1. The molecular weight excluding hydrogens is 228 g/mol. The Morgan fingerprint density at radius 2 is 2.06 bits per heavy atom. The van der Waals surface area contributed by atoms with Crippen LogP contribution in [0, 0.1) is 10.1 Å². The van der Waals surface area contributed by atoms with Crippen molar-refractivity contribution in [3.8, 4) is 5.75 Å². The maximum absolute atomic E-state index is 10.6. The topological polar surface area (TPSA) is 96.8 Å². The molecule has 94 valence electrons. The number of nitro benzene ring substituents is 1. The molecule has 7 nitrogen and oxygen atoms in total. The fourth-order valence-electron chi connectivity index (χ4n) is 1.15. The van der Waals surface area contributed by atoms with E-state index < -0.39 is 11.2 Å². The van der Waals surface area contributed by atoms with E-state index in [1.807, 2.05) is 0 Å². The maximum atomic E-state index is 10.6. The van der Waals surface area contributed by atoms with Crippen molar-refractivity contribution in [2.45, 2.75) is 6.29 Å². The minimum atomic E-state index is -0.548. The molecule has 0 fully saturated rings. The molecule has 1 aromatic rings. The number of ether oxygens (including phenoxy) is 3. The summed E-state index contributed by atoms with van der Waals surface area (Å²) in [6.07, 6.45) is -0.548. The van der Waals surface area contributed by atoms with E-state index in [9.17, 15) is 10.1 Å². The third-order valence-electron chi connectivity index (χ3n) is 2.11. The number of nitro groups is 1. The van der Waals surface area contributed by atoms with Crippen LogP contribution in [-0.4, -0.2) is 32.0 Å². The number of nitrogens with zero attached hydrogens (tertiary/aromatic N) is 1. The van der Waals surface area contributed by atoms with Gasteiger partial charge >= 0.3 is 0 Å². The summed E-state index contributed by atoms with van der Waals surface area (Å²) in [5.41, 5.74) is 5.87. The first-order valence-corrected chi connectivity index (χ1v) is 4.80. The van der Waals surface area contributed by atoms with Crippen molar-refractivity contribution in [1.29, 1.82) is 0 Å². The Hall–Kier alpha value is -1.86. The molecule has 17 heavy (non-hydrogen) atoms. The minimum absolute atomic E-state index is 0.0828. The van der Waals surface area contributed by atoms with Gasteiger partial charge in [0.15, 0.2) is 6.29 Å². The summed E-state index contributed by atoms with van der Waals surface area (Å²) >= 11 is 0. The maximum Gasteiger partial charge on any atom is 0.273 e. The van der Waals surface area contributed by atoms with Gasteiger partial charge in [-0.3, -0.25) is 10.1 Å². The second-order valence-corrected chi connectivity index (χ2v) is 3.19. The highest BCUT2D eigenvalue weighted by Gasteiger charge is 2.12. The smallest absolute Gasteiger partial charge is 0.273 e. The predicted octanol–water partition coefficient (Wildman–Crippen LogP) is 1.17. The number of benzene rings is 1. The van der Waals surface area contributed by atoms with Gasteiger partial charge in [0.2, 0.25) is 0 Å². The molecule has 0 aliphatic carbocycles. The van der Waals surface area contributed by atoms with Crippen molar-refractivity contribution in [2.75, 3.05) is 26.6 Å². The summed E-state index contributed by atoms with van der Waals surface area (Å²) in [5.74, 6) is 0.235. The number of hydrogen-bond acceptors (Lipinski definition) is 6. The van der Waals surface area contributed by atoms with Gasteiger partial charge in [-0.2, -0.15) is 0 Å². The van der Waals surface area contributed by atoms with Crippen LogP contribution >= 0.6 is 0 Å². The normalized spacial score (nSPS) is 10.5. The molecule has 7 heteroatoms. The quantitative estimate of drug-likeness (QED) is 0.348. The lowest BCUT2D eigenvalue weighted by atomic mass is 10.2. The Bertz CT molecular complexity index is 392. The molecule has 0 aliphatic rings. The summed E-state index contributed by atoms with van der Waals surface area (Å²) in [7, 11) is 2.93. The highest BCUT2D eigenvalue weighted by atomic mass is 16.7. The molecule has 0 saturated carbocycles. The summed E-state index contributed by atoms with van der Waals surface area (Å²) in [4.78, 5) is 10.1. The fraction of sp³-hybridized carbons (Fsp3) is 0.400. The van der Waals surface area contributed by atoms with E-state index in [1.54, 1.807) is 0 Å². The zero-order valence-electron chi connectivity index (χ0n) is 9.58. The van der Waals surface area contributed by atoms with E-state index in [0.29, 0.717) is 5.69 Å². The largest absolute Gasteiger partial charge is 0.486 e. The Balaban J connectivity index is 2.75. The Kier molecular flexibility index (Phi) is 4.68. The van der Waals surface area contributed by atoms with Gasteiger partial charge in [-0.25, -0.2) is 0 Å². The van der Waals surface area contributed by atoms with Gasteiger partial charge < -0.3 is 19.9 Å². The van der Waals surface area contributed by atoms with Gasteiger partial charge in [0.05, 0.1) is 16.7 Å². The summed E-state index contributed by atoms with van der Waals surface area (Å²) in [6.45, 7) is 0.0956. The number of anilines is 1. The van der Waals surface area contributed by atoms with Crippen LogP contribution in [0.3, 0.4) is 0 Å². The number of nitrogens with two attached hydrogens (primary N) is 1. The van der Waals surface area contributed by atoms with Gasteiger partial charge in [0, 0.05) is 20.3 Å². The van der Waals surface area contributed by atoms with Crippen LogP contribution in [0.1, 0.15) is 0 Å². The third-order valence-corrected chi connectivity index (χ3v) is 2.11. The lowest BCUT2D eigenvalue weighted by Crippen LogP contribution is -2.22. The van der Waals surface area contributed by atoms with E-state index in [-0.39, 0.29) is 18.0 Å². The van der Waals surface area contributed by atoms with E-state index >= 15 is 0 Å². The van der Waals surface area contributed by atoms with E-state index in [2.05, 4.69) is 0 Å². The molecule has 0 bridgehead atoms. The van der Waals surface area contributed by atoms with Gasteiger partial charge in [-0.05, 0) is 6.07 Å². The highest BCUT2D eigenvalue weighted by molar-refractivity contribution is 5.57. The zero-order chi connectivity index (χ0) is 12.8. The third kappa shape index (κ3) is 3.58. The van der Waals surface area contributed by atoms with E-state index in [4.69, 9.17) is 19.9 Å². The number of rotatable bonds is 6. The van der Waals surface area contributed by atoms with Crippen molar-refractivity contribution in [2.24, 2.45) is 0 Å². The molecule has 0 aliphatic heterocycles. The van der Waals surface area contributed by atoms with Crippen molar-refractivity contribution >= 4 is 11.4 Å². The molecule has 0 aromatic heterocycles. The summed E-state index contributed by atoms with van der Waals surface area (Å²) < 4.78 is 15.1. The molecule has 0 unspecified atom stereocenters. The van der Waals surface area contributed by atoms with Crippen LogP contribution in [0.2, 0.25) is 0 Å². The second-order valence-electron chi connectivity index (χ2n) is 3.19. The van der Waals surface area contributed by atoms with Crippen LogP contribution in [0.25, 0.3) is 0 Å². The van der Waals surface area contributed by atoms with Crippen molar-refractivity contribution in [3.05, 3.63) is 28.3 Å². The summed E-state index contributed by atoms with van der Waals surface area (Å²) in [5, 5.41) is 10.6. The van der Waals surface area contributed by atoms with Crippen LogP contribution in [-0.2, 0) is 9.47 Å². The molecule has 0 amide bonds. The molecule has 0 saturated heterocycles. The number of methoxy groups -OCH3 is 2.